The van der Waals surface area contributed by atoms with E-state index in [-0.39, 0.29) is 6.10 Å². The van der Waals surface area contributed by atoms with Crippen LogP contribution in [-0.2, 0) is 10.4 Å². The van der Waals surface area contributed by atoms with Gasteiger partial charge in [-0.2, -0.15) is 19.8 Å². The average molecular weight is 469 g/mol. The van der Waals surface area contributed by atoms with Crippen molar-refractivity contribution in [1.82, 2.24) is 0 Å². The number of thiophene rings is 1. The smallest absolute Gasteiger partial charge is 0.389 e. The molecule has 1 unspecified atom stereocenters. The van der Waals surface area contributed by atoms with Crippen LogP contribution in [0.4, 0.5) is 0 Å². The zero-order valence-corrected chi connectivity index (χ0v) is 21.3. The summed E-state index contributed by atoms with van der Waals surface area (Å²) in [5, 5.41) is 12.8. The number of rotatable bonds is 13. The summed E-state index contributed by atoms with van der Waals surface area (Å²) >= 11 is 1.61. The fraction of sp³-hybridized carbons (Fsp3) is 0.818. The summed E-state index contributed by atoms with van der Waals surface area (Å²) in [6, 6.07) is 1.93. The van der Waals surface area contributed by atoms with Crippen LogP contribution in [0.5, 0.6) is 0 Å². The summed E-state index contributed by atoms with van der Waals surface area (Å²) in [4.78, 5) is 0. The van der Waals surface area contributed by atoms with Gasteiger partial charge in [-0.25, -0.2) is 0 Å². The molecular formula is C22H46NO5S2+. The van der Waals surface area contributed by atoms with Gasteiger partial charge in [0.2, 0.25) is 0 Å². The highest BCUT2D eigenvalue weighted by molar-refractivity contribution is 7.79. The highest BCUT2D eigenvalue weighted by atomic mass is 32.3. The minimum atomic E-state index is -4.67. The van der Waals surface area contributed by atoms with Gasteiger partial charge in [-0.1, -0.05) is 53.4 Å². The molecule has 0 spiro atoms. The van der Waals surface area contributed by atoms with Crippen molar-refractivity contribution >= 4 is 21.7 Å². The van der Waals surface area contributed by atoms with Crippen LogP contribution in [0.25, 0.3) is 0 Å². The topological polar surface area (TPSA) is 94.8 Å². The number of aliphatic hydroxyl groups excluding tert-OH is 1. The molecule has 0 aromatic carbocycles. The SMILES string of the molecule is CC(O)c1ccsc1.CCCC[N+](CCCC)(CCCC)CCCC.O=S(=O)(O)O. The molecule has 1 heterocycles. The number of hydrogen-bond acceptors (Lipinski definition) is 4. The molecule has 0 aliphatic carbocycles. The minimum Gasteiger partial charge on any atom is -0.389 e. The zero-order valence-electron chi connectivity index (χ0n) is 19.7. The van der Waals surface area contributed by atoms with Gasteiger partial charge in [-0.3, -0.25) is 9.11 Å². The third-order valence-electron chi connectivity index (χ3n) is 4.97. The van der Waals surface area contributed by atoms with Crippen LogP contribution in [0.15, 0.2) is 16.8 Å². The molecule has 0 saturated heterocycles. The van der Waals surface area contributed by atoms with Crippen LogP contribution in [0, 0.1) is 0 Å². The van der Waals surface area contributed by atoms with E-state index in [1.54, 1.807) is 18.3 Å². The van der Waals surface area contributed by atoms with Crippen molar-refractivity contribution in [2.24, 2.45) is 0 Å². The third-order valence-corrected chi connectivity index (χ3v) is 5.67. The second kappa shape index (κ2) is 19.2. The normalized spacial score (nSPS) is 12.4. The molecule has 30 heavy (non-hydrogen) atoms. The molecule has 0 radical (unpaired) electrons. The predicted octanol–water partition coefficient (Wildman–Crippen LogP) is 6.15. The maximum atomic E-state index is 8.92. The van der Waals surface area contributed by atoms with Crippen molar-refractivity contribution in [2.75, 3.05) is 26.2 Å². The average Bonchev–Trinajstić information content (AvgIpc) is 3.21. The minimum absolute atomic E-state index is 0.304. The molecule has 8 heteroatoms. The van der Waals surface area contributed by atoms with Crippen molar-refractivity contribution in [3.8, 4) is 0 Å². The molecule has 1 atom stereocenters. The van der Waals surface area contributed by atoms with Crippen molar-refractivity contribution < 1.29 is 27.1 Å². The lowest BCUT2D eigenvalue weighted by Crippen LogP contribution is -2.50. The predicted molar refractivity (Wildman–Crippen MR) is 128 cm³/mol. The molecule has 0 saturated carbocycles. The number of unbranched alkanes of at least 4 members (excludes halogenated alkanes) is 4. The first-order valence-electron chi connectivity index (χ1n) is 11.3. The summed E-state index contributed by atoms with van der Waals surface area (Å²) in [6.45, 7) is 16.8. The second-order valence-corrected chi connectivity index (χ2v) is 9.51. The summed E-state index contributed by atoms with van der Waals surface area (Å²) in [5.74, 6) is 0. The summed E-state index contributed by atoms with van der Waals surface area (Å²) < 4.78 is 33.0. The van der Waals surface area contributed by atoms with Gasteiger partial charge < -0.3 is 9.59 Å². The lowest BCUT2D eigenvalue weighted by atomic mass is 10.1. The molecule has 1 rings (SSSR count). The van der Waals surface area contributed by atoms with Gasteiger partial charge in [0.15, 0.2) is 0 Å². The van der Waals surface area contributed by atoms with Crippen LogP contribution < -0.4 is 0 Å². The zero-order chi connectivity index (χ0) is 23.5. The molecule has 1 aromatic heterocycles. The van der Waals surface area contributed by atoms with E-state index in [2.05, 4.69) is 27.7 Å². The molecule has 0 aliphatic rings. The standard InChI is InChI=1S/C16H36N.C6H8OS.H2O4S/c1-5-9-13-17(14-10-6-2,15-11-7-3)16-12-8-4;1-5(7)6-2-3-8-4-6;1-5(2,3)4/h5-16H2,1-4H3;2-5,7H,1H3;(H2,1,2,3,4)/q+1;;. The maximum Gasteiger partial charge on any atom is 0.394 e. The Morgan fingerprint density at radius 3 is 1.37 bits per heavy atom. The Bertz CT molecular complexity index is 529. The third kappa shape index (κ3) is 20.8. The van der Waals surface area contributed by atoms with E-state index in [9.17, 15) is 0 Å². The van der Waals surface area contributed by atoms with Crippen molar-refractivity contribution in [3.63, 3.8) is 0 Å². The van der Waals surface area contributed by atoms with Crippen LogP contribution >= 0.6 is 11.3 Å². The molecule has 1 aromatic rings. The van der Waals surface area contributed by atoms with Gasteiger partial charge in [-0.05, 0) is 55.0 Å². The second-order valence-electron chi connectivity index (χ2n) is 7.83. The van der Waals surface area contributed by atoms with E-state index in [0.717, 1.165) is 5.56 Å². The number of nitrogens with zero attached hydrogens (tertiary/aromatic N) is 1. The van der Waals surface area contributed by atoms with E-state index < -0.39 is 10.4 Å². The lowest BCUT2D eigenvalue weighted by Gasteiger charge is -2.39. The monoisotopic (exact) mass is 468 g/mol. The summed E-state index contributed by atoms with van der Waals surface area (Å²) in [7, 11) is -4.67. The van der Waals surface area contributed by atoms with Crippen LogP contribution in [0.2, 0.25) is 0 Å². The van der Waals surface area contributed by atoms with Crippen LogP contribution in [-0.4, -0.2) is 53.3 Å². The van der Waals surface area contributed by atoms with E-state index in [1.165, 1.54) is 82.0 Å². The van der Waals surface area contributed by atoms with Gasteiger partial charge in [0.05, 0.1) is 32.3 Å². The fourth-order valence-corrected chi connectivity index (χ4v) is 3.90. The molecule has 6 nitrogen and oxygen atoms in total. The van der Waals surface area contributed by atoms with Crippen LogP contribution in [0.1, 0.15) is 97.7 Å². The highest BCUT2D eigenvalue weighted by Gasteiger charge is 2.24. The van der Waals surface area contributed by atoms with E-state index in [4.69, 9.17) is 22.6 Å². The molecule has 0 bridgehead atoms. The first-order valence-corrected chi connectivity index (χ1v) is 13.6. The maximum absolute atomic E-state index is 8.92. The summed E-state index contributed by atoms with van der Waals surface area (Å²) in [5.41, 5.74) is 1.01. The highest BCUT2D eigenvalue weighted by Crippen LogP contribution is 2.16. The van der Waals surface area contributed by atoms with Gasteiger partial charge in [0.1, 0.15) is 0 Å². The van der Waals surface area contributed by atoms with Gasteiger partial charge in [-0.15, -0.1) is 0 Å². The molecule has 3 N–H and O–H groups in total. The largest absolute Gasteiger partial charge is 0.394 e. The lowest BCUT2D eigenvalue weighted by molar-refractivity contribution is -0.929. The molecule has 180 valence electrons. The Balaban J connectivity index is 0. The molecule has 0 aliphatic heterocycles. The Hall–Kier alpha value is -0.510. The number of hydrogen-bond donors (Lipinski definition) is 3. The molecular weight excluding hydrogens is 422 g/mol. The first-order chi connectivity index (χ1) is 14.0. The quantitative estimate of drug-likeness (QED) is 0.238. The number of aliphatic hydroxyl groups is 1. The summed E-state index contributed by atoms with van der Waals surface area (Å²) in [6.07, 6.45) is 10.8. The van der Waals surface area contributed by atoms with Gasteiger partial charge >= 0.3 is 10.4 Å². The van der Waals surface area contributed by atoms with Gasteiger partial charge in [0.25, 0.3) is 0 Å². The Morgan fingerprint density at radius 1 is 0.867 bits per heavy atom. The van der Waals surface area contributed by atoms with E-state index >= 15 is 0 Å². The fourth-order valence-electron chi connectivity index (χ4n) is 3.16. The molecule has 0 amide bonds. The van der Waals surface area contributed by atoms with E-state index in [0.29, 0.717) is 0 Å². The van der Waals surface area contributed by atoms with E-state index in [1.807, 2.05) is 16.8 Å². The van der Waals surface area contributed by atoms with Crippen molar-refractivity contribution in [3.05, 3.63) is 22.4 Å². The van der Waals surface area contributed by atoms with Crippen LogP contribution in [0.3, 0.4) is 0 Å². The Morgan fingerprint density at radius 2 is 1.20 bits per heavy atom. The molecule has 0 fully saturated rings. The van der Waals surface area contributed by atoms with Crippen molar-refractivity contribution in [2.45, 2.75) is 92.1 Å². The Labute approximate surface area is 189 Å². The number of quaternary nitrogens is 1. The Kier molecular flexibility index (Phi) is 20.3. The van der Waals surface area contributed by atoms with Crippen molar-refractivity contribution in [1.29, 1.82) is 0 Å². The van der Waals surface area contributed by atoms with Gasteiger partial charge in [0, 0.05) is 0 Å². The first kappa shape index (κ1) is 31.7.